The van der Waals surface area contributed by atoms with Crippen LogP contribution < -0.4 is 5.73 Å². The van der Waals surface area contributed by atoms with Gasteiger partial charge in [-0.3, -0.25) is 0 Å². The Morgan fingerprint density at radius 1 is 1.13 bits per heavy atom. The lowest BCUT2D eigenvalue weighted by Crippen LogP contribution is -2.37. The third kappa shape index (κ3) is 4.12. The Labute approximate surface area is 95.2 Å². The van der Waals surface area contributed by atoms with Gasteiger partial charge >= 0.3 is 0 Å². The van der Waals surface area contributed by atoms with Crippen molar-refractivity contribution in [1.29, 1.82) is 0 Å². The van der Waals surface area contributed by atoms with Crippen LogP contribution in [-0.4, -0.2) is 30.6 Å². The molecule has 0 spiro atoms. The predicted octanol–water partition coefficient (Wildman–Crippen LogP) is 2.62. The first-order valence-electron chi connectivity index (χ1n) is 6.63. The van der Waals surface area contributed by atoms with Gasteiger partial charge in [-0.2, -0.15) is 0 Å². The third-order valence-electron chi connectivity index (χ3n) is 4.00. The van der Waals surface area contributed by atoms with Crippen molar-refractivity contribution in [2.75, 3.05) is 13.6 Å². The van der Waals surface area contributed by atoms with Gasteiger partial charge < -0.3 is 10.6 Å². The Balaban J connectivity index is 2.28. The second-order valence-electron chi connectivity index (χ2n) is 5.19. The molecule has 1 saturated carbocycles. The minimum atomic E-state index is 0.486. The van der Waals surface area contributed by atoms with Crippen LogP contribution in [0.2, 0.25) is 0 Å². The Hall–Kier alpha value is -0.0800. The minimum absolute atomic E-state index is 0.486. The molecule has 0 aliphatic heterocycles. The fourth-order valence-corrected chi connectivity index (χ4v) is 2.84. The Bertz CT molecular complexity index is 158. The molecule has 1 aliphatic carbocycles. The molecule has 0 heterocycles. The number of hydrogen-bond acceptors (Lipinski definition) is 2. The van der Waals surface area contributed by atoms with Gasteiger partial charge in [-0.1, -0.05) is 13.8 Å². The molecule has 0 aromatic carbocycles. The Kier molecular flexibility index (Phi) is 5.62. The van der Waals surface area contributed by atoms with Gasteiger partial charge in [-0.15, -0.1) is 0 Å². The lowest BCUT2D eigenvalue weighted by Gasteiger charge is -2.33. The molecule has 2 N–H and O–H groups in total. The van der Waals surface area contributed by atoms with E-state index in [1.165, 1.54) is 45.1 Å². The quantitative estimate of drug-likeness (QED) is 0.759. The summed E-state index contributed by atoms with van der Waals surface area (Å²) < 4.78 is 0. The lowest BCUT2D eigenvalue weighted by molar-refractivity contribution is 0.170. The average Bonchev–Trinajstić information content (AvgIpc) is 2.23. The maximum Gasteiger partial charge on any atom is 0.00870 e. The molecule has 0 amide bonds. The molecule has 1 fully saturated rings. The van der Waals surface area contributed by atoms with Gasteiger partial charge in [-0.25, -0.2) is 0 Å². The zero-order valence-electron chi connectivity index (χ0n) is 10.7. The van der Waals surface area contributed by atoms with E-state index in [0.29, 0.717) is 6.04 Å². The summed E-state index contributed by atoms with van der Waals surface area (Å²) in [5.74, 6) is 0.899. The van der Waals surface area contributed by atoms with Crippen LogP contribution in [0.3, 0.4) is 0 Å². The molecule has 0 unspecified atom stereocenters. The van der Waals surface area contributed by atoms with Crippen LogP contribution in [0.1, 0.15) is 52.4 Å². The van der Waals surface area contributed by atoms with Gasteiger partial charge in [0.1, 0.15) is 0 Å². The summed E-state index contributed by atoms with van der Waals surface area (Å²) in [6, 6.07) is 1.26. The van der Waals surface area contributed by atoms with E-state index in [0.717, 1.165) is 12.0 Å². The molecular formula is C13H28N2. The van der Waals surface area contributed by atoms with Crippen LogP contribution in [-0.2, 0) is 0 Å². The van der Waals surface area contributed by atoms with E-state index in [2.05, 4.69) is 25.8 Å². The largest absolute Gasteiger partial charge is 0.328 e. The molecule has 2 nitrogen and oxygen atoms in total. The highest BCUT2D eigenvalue weighted by molar-refractivity contribution is 4.77. The van der Waals surface area contributed by atoms with Gasteiger partial charge in [0, 0.05) is 18.6 Å². The van der Waals surface area contributed by atoms with Crippen molar-refractivity contribution in [1.82, 2.24) is 4.90 Å². The van der Waals surface area contributed by atoms with Gasteiger partial charge in [0.15, 0.2) is 0 Å². The van der Waals surface area contributed by atoms with E-state index in [9.17, 15) is 0 Å². The standard InChI is InChI=1S/C13H28N2/c1-4-13(5-2)15(3)10-11-6-8-12(14)9-7-11/h11-13H,4-10,14H2,1-3H3. The van der Waals surface area contributed by atoms with E-state index < -0.39 is 0 Å². The van der Waals surface area contributed by atoms with Crippen LogP contribution in [0.25, 0.3) is 0 Å². The van der Waals surface area contributed by atoms with Crippen LogP contribution in [0.15, 0.2) is 0 Å². The third-order valence-corrected chi connectivity index (χ3v) is 4.00. The average molecular weight is 212 g/mol. The van der Waals surface area contributed by atoms with Crippen molar-refractivity contribution >= 4 is 0 Å². The molecule has 0 atom stereocenters. The summed E-state index contributed by atoms with van der Waals surface area (Å²) >= 11 is 0. The first-order chi connectivity index (χ1) is 7.17. The molecule has 2 heteroatoms. The fourth-order valence-electron chi connectivity index (χ4n) is 2.84. The highest BCUT2D eigenvalue weighted by Crippen LogP contribution is 2.24. The maximum atomic E-state index is 5.93. The number of nitrogens with zero attached hydrogens (tertiary/aromatic N) is 1. The van der Waals surface area contributed by atoms with E-state index in [-0.39, 0.29) is 0 Å². The molecular weight excluding hydrogens is 184 g/mol. The maximum absolute atomic E-state index is 5.93. The SMILES string of the molecule is CCC(CC)N(C)CC1CCC(N)CC1. The van der Waals surface area contributed by atoms with Crippen molar-refractivity contribution in [3.05, 3.63) is 0 Å². The summed E-state index contributed by atoms with van der Waals surface area (Å²) in [6.07, 6.45) is 7.71. The Morgan fingerprint density at radius 2 is 1.67 bits per heavy atom. The van der Waals surface area contributed by atoms with Gasteiger partial charge in [0.25, 0.3) is 0 Å². The summed E-state index contributed by atoms with van der Waals surface area (Å²) in [6.45, 7) is 5.86. The summed E-state index contributed by atoms with van der Waals surface area (Å²) in [4.78, 5) is 2.56. The van der Waals surface area contributed by atoms with Crippen molar-refractivity contribution in [3.63, 3.8) is 0 Å². The molecule has 90 valence electrons. The first-order valence-corrected chi connectivity index (χ1v) is 6.63. The van der Waals surface area contributed by atoms with Gasteiger partial charge in [0.05, 0.1) is 0 Å². The van der Waals surface area contributed by atoms with E-state index >= 15 is 0 Å². The molecule has 1 rings (SSSR count). The number of nitrogens with two attached hydrogens (primary N) is 1. The molecule has 0 saturated heterocycles. The molecule has 1 aliphatic rings. The topological polar surface area (TPSA) is 29.3 Å². The van der Waals surface area contributed by atoms with Gasteiger partial charge in [0.2, 0.25) is 0 Å². The van der Waals surface area contributed by atoms with E-state index in [1.807, 2.05) is 0 Å². The summed E-state index contributed by atoms with van der Waals surface area (Å²) in [5, 5.41) is 0. The van der Waals surface area contributed by atoms with Crippen LogP contribution >= 0.6 is 0 Å². The molecule has 0 aromatic rings. The van der Waals surface area contributed by atoms with E-state index in [4.69, 9.17) is 5.73 Å². The normalized spacial score (nSPS) is 27.6. The second kappa shape index (κ2) is 6.49. The summed E-state index contributed by atoms with van der Waals surface area (Å²) in [5.41, 5.74) is 5.93. The smallest absolute Gasteiger partial charge is 0.00870 e. The number of hydrogen-bond donors (Lipinski definition) is 1. The van der Waals surface area contributed by atoms with Crippen LogP contribution in [0.5, 0.6) is 0 Å². The fraction of sp³-hybridized carbons (Fsp3) is 1.00. The van der Waals surface area contributed by atoms with Crippen LogP contribution in [0.4, 0.5) is 0 Å². The second-order valence-corrected chi connectivity index (χ2v) is 5.19. The minimum Gasteiger partial charge on any atom is -0.328 e. The zero-order chi connectivity index (χ0) is 11.3. The molecule has 15 heavy (non-hydrogen) atoms. The molecule has 0 aromatic heterocycles. The van der Waals surface area contributed by atoms with Gasteiger partial charge in [-0.05, 0) is 51.5 Å². The van der Waals surface area contributed by atoms with E-state index in [1.54, 1.807) is 0 Å². The lowest BCUT2D eigenvalue weighted by atomic mass is 9.86. The first kappa shape index (κ1) is 13.0. The Morgan fingerprint density at radius 3 is 2.13 bits per heavy atom. The van der Waals surface area contributed by atoms with Crippen molar-refractivity contribution < 1.29 is 0 Å². The molecule has 0 bridgehead atoms. The zero-order valence-corrected chi connectivity index (χ0v) is 10.7. The monoisotopic (exact) mass is 212 g/mol. The molecule has 0 radical (unpaired) electrons. The van der Waals surface area contributed by atoms with Crippen molar-refractivity contribution in [2.45, 2.75) is 64.5 Å². The number of rotatable bonds is 5. The highest BCUT2D eigenvalue weighted by Gasteiger charge is 2.21. The highest BCUT2D eigenvalue weighted by atomic mass is 15.1. The van der Waals surface area contributed by atoms with Crippen molar-refractivity contribution in [3.8, 4) is 0 Å². The van der Waals surface area contributed by atoms with Crippen molar-refractivity contribution in [2.24, 2.45) is 11.7 Å². The predicted molar refractivity (Wildman–Crippen MR) is 66.9 cm³/mol. The van der Waals surface area contributed by atoms with Crippen LogP contribution in [0, 0.1) is 5.92 Å². The summed E-state index contributed by atoms with van der Waals surface area (Å²) in [7, 11) is 2.28.